The normalized spacial score (nSPS) is 48.6. The molecule has 14 heavy (non-hydrogen) atoms. The second kappa shape index (κ2) is 4.40. The monoisotopic (exact) mass is 216 g/mol. The first-order valence-corrected chi connectivity index (χ1v) is 6.38. The first kappa shape index (κ1) is 10.8. The summed E-state index contributed by atoms with van der Waals surface area (Å²) < 4.78 is 6.03. The van der Waals surface area contributed by atoms with Gasteiger partial charge in [-0.1, -0.05) is 13.8 Å². The Kier molecular flexibility index (Phi) is 3.38. The summed E-state index contributed by atoms with van der Waals surface area (Å²) in [5, 5.41) is 0.389. The Morgan fingerprint density at radius 1 is 0.929 bits per heavy atom. The molecule has 0 amide bonds. The van der Waals surface area contributed by atoms with E-state index in [9.17, 15) is 0 Å². The standard InChI is InChI=1S/C12H21ClO/c1-8-3-4-11(5-9(8)2)14-12-6-10(13)7-12/h8-12H,3-7H2,1-2H3. The van der Waals surface area contributed by atoms with E-state index in [2.05, 4.69) is 13.8 Å². The van der Waals surface area contributed by atoms with Gasteiger partial charge in [0, 0.05) is 5.38 Å². The van der Waals surface area contributed by atoms with Crippen LogP contribution in [0, 0.1) is 11.8 Å². The quantitative estimate of drug-likeness (QED) is 0.641. The molecule has 0 aromatic rings. The first-order valence-electron chi connectivity index (χ1n) is 5.94. The average Bonchev–Trinajstić information content (AvgIpc) is 2.09. The highest BCUT2D eigenvalue weighted by Crippen LogP contribution is 2.35. The Morgan fingerprint density at radius 2 is 1.64 bits per heavy atom. The number of rotatable bonds is 2. The highest BCUT2D eigenvalue weighted by atomic mass is 35.5. The Bertz CT molecular complexity index is 189. The summed E-state index contributed by atoms with van der Waals surface area (Å²) in [6, 6.07) is 0. The molecule has 0 saturated heterocycles. The second-order valence-electron chi connectivity index (χ2n) is 5.22. The molecule has 0 spiro atoms. The van der Waals surface area contributed by atoms with Crippen molar-refractivity contribution in [3.8, 4) is 0 Å². The van der Waals surface area contributed by atoms with E-state index in [1.54, 1.807) is 0 Å². The number of alkyl halides is 1. The summed E-state index contributed by atoms with van der Waals surface area (Å²) in [5.41, 5.74) is 0. The van der Waals surface area contributed by atoms with E-state index in [-0.39, 0.29) is 0 Å². The molecule has 0 aromatic carbocycles. The van der Waals surface area contributed by atoms with Crippen molar-refractivity contribution in [3.63, 3.8) is 0 Å². The van der Waals surface area contributed by atoms with Gasteiger partial charge in [-0.05, 0) is 43.9 Å². The molecule has 0 bridgehead atoms. The molecular weight excluding hydrogens is 196 g/mol. The Balaban J connectivity index is 1.71. The molecule has 2 rings (SSSR count). The zero-order chi connectivity index (χ0) is 10.1. The topological polar surface area (TPSA) is 9.23 Å². The molecule has 2 aliphatic carbocycles. The van der Waals surface area contributed by atoms with Gasteiger partial charge < -0.3 is 4.74 Å². The lowest BCUT2D eigenvalue weighted by Gasteiger charge is -2.38. The van der Waals surface area contributed by atoms with Crippen molar-refractivity contribution in [2.75, 3.05) is 0 Å². The van der Waals surface area contributed by atoms with Crippen LogP contribution in [-0.4, -0.2) is 17.6 Å². The van der Waals surface area contributed by atoms with E-state index in [0.717, 1.165) is 24.7 Å². The van der Waals surface area contributed by atoms with Gasteiger partial charge in [0.1, 0.15) is 0 Å². The highest BCUT2D eigenvalue weighted by molar-refractivity contribution is 6.21. The SMILES string of the molecule is CC1CCC(OC2CC(Cl)C2)CC1C. The molecule has 3 atom stereocenters. The van der Waals surface area contributed by atoms with Crippen LogP contribution in [0.1, 0.15) is 46.0 Å². The van der Waals surface area contributed by atoms with Crippen molar-refractivity contribution < 1.29 is 4.74 Å². The van der Waals surface area contributed by atoms with Gasteiger partial charge in [0.25, 0.3) is 0 Å². The third-order valence-corrected chi connectivity index (χ3v) is 4.33. The van der Waals surface area contributed by atoms with Crippen LogP contribution in [0.15, 0.2) is 0 Å². The molecule has 2 aliphatic rings. The predicted molar refractivity (Wildman–Crippen MR) is 59.7 cm³/mol. The van der Waals surface area contributed by atoms with E-state index in [1.807, 2.05) is 0 Å². The fourth-order valence-electron chi connectivity index (χ4n) is 2.51. The molecule has 0 aliphatic heterocycles. The molecule has 2 fully saturated rings. The summed E-state index contributed by atoms with van der Waals surface area (Å²) in [6.07, 6.45) is 6.99. The maximum absolute atomic E-state index is 6.03. The van der Waals surface area contributed by atoms with Crippen molar-refractivity contribution in [2.45, 2.75) is 63.5 Å². The van der Waals surface area contributed by atoms with Crippen molar-refractivity contribution >= 4 is 11.6 Å². The summed E-state index contributed by atoms with van der Waals surface area (Å²) >= 11 is 5.93. The van der Waals surface area contributed by atoms with Crippen LogP contribution in [0.4, 0.5) is 0 Å². The van der Waals surface area contributed by atoms with Crippen LogP contribution in [-0.2, 0) is 4.74 Å². The van der Waals surface area contributed by atoms with Crippen LogP contribution in [0.5, 0.6) is 0 Å². The summed E-state index contributed by atoms with van der Waals surface area (Å²) in [7, 11) is 0. The number of halogens is 1. The lowest BCUT2D eigenvalue weighted by atomic mass is 9.80. The zero-order valence-electron chi connectivity index (χ0n) is 9.21. The van der Waals surface area contributed by atoms with Gasteiger partial charge in [0.15, 0.2) is 0 Å². The third kappa shape index (κ3) is 2.43. The van der Waals surface area contributed by atoms with Gasteiger partial charge in [0.05, 0.1) is 12.2 Å². The van der Waals surface area contributed by atoms with Crippen molar-refractivity contribution in [1.29, 1.82) is 0 Å². The number of hydrogen-bond acceptors (Lipinski definition) is 1. The summed E-state index contributed by atoms with van der Waals surface area (Å²) in [4.78, 5) is 0. The molecule has 0 radical (unpaired) electrons. The molecule has 82 valence electrons. The third-order valence-electron chi connectivity index (χ3n) is 3.97. The van der Waals surface area contributed by atoms with Crippen molar-refractivity contribution in [2.24, 2.45) is 11.8 Å². The van der Waals surface area contributed by atoms with Gasteiger partial charge in [-0.15, -0.1) is 11.6 Å². The molecule has 2 saturated carbocycles. The maximum atomic E-state index is 6.03. The van der Waals surface area contributed by atoms with Crippen LogP contribution < -0.4 is 0 Å². The van der Waals surface area contributed by atoms with E-state index < -0.39 is 0 Å². The zero-order valence-corrected chi connectivity index (χ0v) is 9.96. The van der Waals surface area contributed by atoms with Gasteiger partial charge in [-0.25, -0.2) is 0 Å². The molecule has 2 heteroatoms. The summed E-state index contributed by atoms with van der Waals surface area (Å²) in [5.74, 6) is 1.72. The van der Waals surface area contributed by atoms with Crippen LogP contribution in [0.25, 0.3) is 0 Å². The predicted octanol–water partition coefficient (Wildman–Crippen LogP) is 3.60. The highest BCUT2D eigenvalue weighted by Gasteiger charge is 2.32. The molecule has 0 heterocycles. The number of ether oxygens (including phenoxy) is 1. The smallest absolute Gasteiger partial charge is 0.0607 e. The minimum Gasteiger partial charge on any atom is -0.375 e. The van der Waals surface area contributed by atoms with E-state index in [0.29, 0.717) is 17.6 Å². The lowest BCUT2D eigenvalue weighted by molar-refractivity contribution is -0.0760. The van der Waals surface area contributed by atoms with Crippen LogP contribution in [0.3, 0.4) is 0 Å². The molecular formula is C12H21ClO. The van der Waals surface area contributed by atoms with E-state index in [1.165, 1.54) is 19.3 Å². The Hall–Kier alpha value is 0.250. The largest absolute Gasteiger partial charge is 0.375 e. The minimum absolute atomic E-state index is 0.389. The molecule has 1 nitrogen and oxygen atoms in total. The Morgan fingerprint density at radius 3 is 2.21 bits per heavy atom. The minimum atomic E-state index is 0.389. The molecule has 0 aromatic heterocycles. The maximum Gasteiger partial charge on any atom is 0.0607 e. The van der Waals surface area contributed by atoms with Crippen LogP contribution >= 0.6 is 11.6 Å². The van der Waals surface area contributed by atoms with Crippen LogP contribution in [0.2, 0.25) is 0 Å². The second-order valence-corrected chi connectivity index (χ2v) is 5.83. The first-order chi connectivity index (χ1) is 6.65. The van der Waals surface area contributed by atoms with Gasteiger partial charge in [0.2, 0.25) is 0 Å². The van der Waals surface area contributed by atoms with Gasteiger partial charge in [-0.2, -0.15) is 0 Å². The molecule has 3 unspecified atom stereocenters. The van der Waals surface area contributed by atoms with Gasteiger partial charge in [-0.3, -0.25) is 0 Å². The fourth-order valence-corrected chi connectivity index (χ4v) is 2.90. The van der Waals surface area contributed by atoms with Crippen molar-refractivity contribution in [1.82, 2.24) is 0 Å². The van der Waals surface area contributed by atoms with Gasteiger partial charge >= 0.3 is 0 Å². The number of hydrogen-bond donors (Lipinski definition) is 0. The molecule has 0 N–H and O–H groups in total. The Labute approximate surface area is 92.2 Å². The summed E-state index contributed by atoms with van der Waals surface area (Å²) in [6.45, 7) is 4.71. The lowest BCUT2D eigenvalue weighted by Crippen LogP contribution is -2.37. The fraction of sp³-hybridized carbons (Fsp3) is 1.00. The van der Waals surface area contributed by atoms with E-state index >= 15 is 0 Å². The van der Waals surface area contributed by atoms with Crippen molar-refractivity contribution in [3.05, 3.63) is 0 Å². The average molecular weight is 217 g/mol. The van der Waals surface area contributed by atoms with E-state index in [4.69, 9.17) is 16.3 Å².